The van der Waals surface area contributed by atoms with E-state index in [4.69, 9.17) is 4.74 Å². The van der Waals surface area contributed by atoms with Crippen molar-refractivity contribution in [1.82, 2.24) is 8.87 Å². The molecule has 12 heteroatoms. The lowest BCUT2D eigenvalue weighted by molar-refractivity contribution is 0.343. The second kappa shape index (κ2) is 9.09. The van der Waals surface area contributed by atoms with E-state index in [0.29, 0.717) is 29.9 Å². The fourth-order valence-electron chi connectivity index (χ4n) is 3.91. The zero-order valence-electron chi connectivity index (χ0n) is 18.3. The molecule has 4 rings (SSSR count). The largest absolute Gasteiger partial charge is 0.495 e. The van der Waals surface area contributed by atoms with Crippen LogP contribution in [0.25, 0.3) is 10.2 Å². The summed E-state index contributed by atoms with van der Waals surface area (Å²) >= 11 is 0.980. The molecule has 0 bridgehead atoms. The second-order valence-corrected chi connectivity index (χ2v) is 12.3. The highest BCUT2D eigenvalue weighted by molar-refractivity contribution is 7.92. The van der Waals surface area contributed by atoms with Crippen LogP contribution in [0.5, 0.6) is 5.75 Å². The standard InChI is InChI=1S/C21H25N3O6S3/c1-3-24-17-9-8-16(14-19(17)31-21(24)25)32(26,27)22-15-7-10-18(30-2)20(13-15)33(28,29)23-11-5-4-6-12-23/h7-10,13-14,22H,3-6,11-12H2,1-2H3. The Morgan fingerprint density at radius 3 is 2.42 bits per heavy atom. The minimum Gasteiger partial charge on any atom is -0.495 e. The highest BCUT2D eigenvalue weighted by Gasteiger charge is 2.29. The quantitative estimate of drug-likeness (QED) is 0.521. The van der Waals surface area contributed by atoms with Crippen molar-refractivity contribution in [3.63, 3.8) is 0 Å². The molecule has 3 aromatic rings. The van der Waals surface area contributed by atoms with Crippen molar-refractivity contribution in [2.45, 2.75) is 42.5 Å². The Morgan fingerprint density at radius 2 is 1.76 bits per heavy atom. The topological polar surface area (TPSA) is 115 Å². The summed E-state index contributed by atoms with van der Waals surface area (Å²) in [4.78, 5) is 11.8. The van der Waals surface area contributed by atoms with E-state index in [1.165, 1.54) is 41.7 Å². The first-order valence-electron chi connectivity index (χ1n) is 10.5. The van der Waals surface area contributed by atoms with Crippen LogP contribution in [0.15, 0.2) is 51.0 Å². The van der Waals surface area contributed by atoms with E-state index in [-0.39, 0.29) is 26.1 Å². The Kier molecular flexibility index (Phi) is 6.54. The number of hydrogen-bond acceptors (Lipinski definition) is 7. The summed E-state index contributed by atoms with van der Waals surface area (Å²) < 4.78 is 63.7. The molecular formula is C21H25N3O6S3. The van der Waals surface area contributed by atoms with Crippen LogP contribution in [0.1, 0.15) is 26.2 Å². The summed E-state index contributed by atoms with van der Waals surface area (Å²) in [7, 11) is -6.50. The van der Waals surface area contributed by atoms with Crippen molar-refractivity contribution >= 4 is 47.3 Å². The molecule has 0 saturated carbocycles. The number of anilines is 1. The Hall–Kier alpha value is -2.41. The molecule has 0 aliphatic carbocycles. The van der Waals surface area contributed by atoms with Crippen molar-refractivity contribution in [1.29, 1.82) is 0 Å². The zero-order chi connectivity index (χ0) is 23.8. The lowest BCUT2D eigenvalue weighted by atomic mass is 10.2. The van der Waals surface area contributed by atoms with Crippen LogP contribution in [-0.2, 0) is 26.6 Å². The summed E-state index contributed by atoms with van der Waals surface area (Å²) in [5.74, 6) is 0.149. The van der Waals surface area contributed by atoms with Gasteiger partial charge in [-0.1, -0.05) is 17.8 Å². The molecule has 1 aliphatic rings. The third-order valence-corrected chi connectivity index (χ3v) is 9.86. The van der Waals surface area contributed by atoms with Crippen molar-refractivity contribution in [2.75, 3.05) is 24.9 Å². The number of piperidine rings is 1. The predicted molar refractivity (Wildman–Crippen MR) is 128 cm³/mol. The van der Waals surface area contributed by atoms with Gasteiger partial charge < -0.3 is 4.74 Å². The Balaban J connectivity index is 1.69. The number of sulfonamides is 2. The minimum atomic E-state index is -4.03. The van der Waals surface area contributed by atoms with Crippen molar-refractivity contribution < 1.29 is 21.6 Å². The molecule has 0 atom stereocenters. The van der Waals surface area contributed by atoms with Crippen LogP contribution in [0.4, 0.5) is 5.69 Å². The lowest BCUT2D eigenvalue weighted by Crippen LogP contribution is -2.35. The van der Waals surface area contributed by atoms with Crippen molar-refractivity contribution in [3.8, 4) is 5.75 Å². The van der Waals surface area contributed by atoms with E-state index in [1.807, 2.05) is 6.92 Å². The van der Waals surface area contributed by atoms with Gasteiger partial charge in [-0.15, -0.1) is 0 Å². The molecule has 2 heterocycles. The van der Waals surface area contributed by atoms with Gasteiger partial charge in [0.1, 0.15) is 10.6 Å². The number of thiazole rings is 1. The lowest BCUT2D eigenvalue weighted by Gasteiger charge is -2.26. The SMILES string of the molecule is CCn1c(=O)sc2cc(S(=O)(=O)Nc3ccc(OC)c(S(=O)(=O)N4CCCCC4)c3)ccc21. The third-order valence-electron chi connectivity index (χ3n) is 5.61. The van der Waals surface area contributed by atoms with Crippen molar-refractivity contribution in [2.24, 2.45) is 0 Å². The molecular weight excluding hydrogens is 486 g/mol. The van der Waals surface area contributed by atoms with Gasteiger partial charge >= 0.3 is 4.87 Å². The second-order valence-electron chi connectivity index (χ2n) is 7.68. The number of aromatic nitrogens is 1. The van der Waals surface area contributed by atoms with Gasteiger partial charge in [0.05, 0.1) is 27.9 Å². The number of benzene rings is 2. The van der Waals surface area contributed by atoms with E-state index in [1.54, 1.807) is 10.6 Å². The Bertz CT molecular complexity index is 1450. The molecule has 2 aromatic carbocycles. The van der Waals surface area contributed by atoms with Crippen LogP contribution in [-0.4, -0.2) is 45.9 Å². The number of hydrogen-bond donors (Lipinski definition) is 1. The zero-order valence-corrected chi connectivity index (χ0v) is 20.7. The molecule has 1 saturated heterocycles. The molecule has 33 heavy (non-hydrogen) atoms. The smallest absolute Gasteiger partial charge is 0.308 e. The van der Waals surface area contributed by atoms with Gasteiger partial charge in [0.25, 0.3) is 10.0 Å². The molecule has 1 aliphatic heterocycles. The maximum absolute atomic E-state index is 13.2. The molecule has 0 amide bonds. The first kappa shape index (κ1) is 23.7. The molecule has 1 fully saturated rings. The minimum absolute atomic E-state index is 0.0178. The van der Waals surface area contributed by atoms with Crippen LogP contribution >= 0.6 is 11.3 Å². The van der Waals surface area contributed by atoms with Crippen LogP contribution < -0.4 is 14.3 Å². The molecule has 0 spiro atoms. The number of methoxy groups -OCH3 is 1. The molecule has 0 radical (unpaired) electrons. The fourth-order valence-corrected chi connectivity index (χ4v) is 7.76. The average molecular weight is 512 g/mol. The average Bonchev–Trinajstić information content (AvgIpc) is 3.13. The van der Waals surface area contributed by atoms with E-state index in [0.717, 1.165) is 30.6 Å². The molecule has 0 unspecified atom stereocenters. The van der Waals surface area contributed by atoms with Crippen LogP contribution in [0.2, 0.25) is 0 Å². The fraction of sp³-hybridized carbons (Fsp3) is 0.381. The number of nitrogens with zero attached hydrogens (tertiary/aromatic N) is 2. The summed E-state index contributed by atoms with van der Waals surface area (Å²) in [6.45, 7) is 3.17. The number of ether oxygens (including phenoxy) is 1. The molecule has 1 aromatic heterocycles. The van der Waals surface area contributed by atoms with Gasteiger partial charge in [-0.3, -0.25) is 14.1 Å². The van der Waals surface area contributed by atoms with E-state index in [2.05, 4.69) is 4.72 Å². The third kappa shape index (κ3) is 4.52. The number of aryl methyl sites for hydroxylation is 1. The number of rotatable bonds is 7. The normalized spacial score (nSPS) is 15.6. The van der Waals surface area contributed by atoms with E-state index in [9.17, 15) is 21.6 Å². The Labute approximate surface area is 196 Å². The molecule has 9 nitrogen and oxygen atoms in total. The summed E-state index contributed by atoms with van der Waals surface area (Å²) in [6.07, 6.45) is 2.54. The highest BCUT2D eigenvalue weighted by Crippen LogP contribution is 2.32. The monoisotopic (exact) mass is 511 g/mol. The summed E-state index contributed by atoms with van der Waals surface area (Å²) in [5, 5.41) is 0. The molecule has 178 valence electrons. The maximum Gasteiger partial charge on any atom is 0.308 e. The maximum atomic E-state index is 13.2. The summed E-state index contributed by atoms with van der Waals surface area (Å²) in [5.41, 5.74) is 0.775. The van der Waals surface area contributed by atoms with E-state index >= 15 is 0 Å². The molecule has 1 N–H and O–H groups in total. The van der Waals surface area contributed by atoms with Gasteiger partial charge in [-0.25, -0.2) is 16.8 Å². The highest BCUT2D eigenvalue weighted by atomic mass is 32.2. The van der Waals surface area contributed by atoms with Crippen LogP contribution in [0.3, 0.4) is 0 Å². The number of fused-ring (bicyclic) bond motifs is 1. The predicted octanol–water partition coefficient (Wildman–Crippen LogP) is 3.07. The summed E-state index contributed by atoms with van der Waals surface area (Å²) in [6, 6.07) is 8.65. The van der Waals surface area contributed by atoms with Crippen molar-refractivity contribution in [3.05, 3.63) is 46.1 Å². The van der Waals surface area contributed by atoms with E-state index < -0.39 is 20.0 Å². The first-order valence-corrected chi connectivity index (χ1v) is 14.3. The van der Waals surface area contributed by atoms with Gasteiger partial charge in [0.2, 0.25) is 10.0 Å². The van der Waals surface area contributed by atoms with Gasteiger partial charge in [0.15, 0.2) is 0 Å². The first-order chi connectivity index (χ1) is 15.7. The van der Waals surface area contributed by atoms with Crippen LogP contribution in [0, 0.1) is 0 Å². The Morgan fingerprint density at radius 1 is 1.03 bits per heavy atom. The van der Waals surface area contributed by atoms with Gasteiger partial charge in [-0.2, -0.15) is 4.31 Å². The van der Waals surface area contributed by atoms with Gasteiger partial charge in [-0.05, 0) is 56.2 Å². The van der Waals surface area contributed by atoms with Gasteiger partial charge in [0, 0.05) is 19.6 Å². The number of nitrogens with one attached hydrogen (secondary N) is 1.